The van der Waals surface area contributed by atoms with Crippen LogP contribution in [-0.4, -0.2) is 33.0 Å². The molecule has 0 saturated carbocycles. The molecule has 0 radical (unpaired) electrons. The summed E-state index contributed by atoms with van der Waals surface area (Å²) >= 11 is 0. The number of hydrogen-bond donors (Lipinski definition) is 1. The van der Waals surface area contributed by atoms with Gasteiger partial charge in [-0.25, -0.2) is 0 Å². The van der Waals surface area contributed by atoms with Gasteiger partial charge in [0.25, 0.3) is 0 Å². The number of fused-ring (bicyclic) bond motifs is 5. The highest BCUT2D eigenvalue weighted by Gasteiger charge is 2.34. The topological polar surface area (TPSA) is 62.5 Å². The lowest BCUT2D eigenvalue weighted by Gasteiger charge is -2.34. The van der Waals surface area contributed by atoms with Crippen LogP contribution in [0.25, 0.3) is 10.9 Å². The molecule has 5 heteroatoms. The van der Waals surface area contributed by atoms with Gasteiger partial charge in [0.05, 0.1) is 0 Å². The number of amides is 1. The van der Waals surface area contributed by atoms with E-state index in [4.69, 9.17) is 0 Å². The third-order valence-corrected chi connectivity index (χ3v) is 7.63. The van der Waals surface area contributed by atoms with Crippen molar-refractivity contribution in [3.63, 3.8) is 0 Å². The molecule has 6 rings (SSSR count). The number of para-hydroxylation sites is 1. The van der Waals surface area contributed by atoms with Crippen LogP contribution in [0.15, 0.2) is 95.3 Å². The Kier molecular flexibility index (Phi) is 5.40. The lowest BCUT2D eigenvalue weighted by atomic mass is 9.83. The van der Waals surface area contributed by atoms with E-state index in [0.29, 0.717) is 19.4 Å². The first-order chi connectivity index (χ1) is 17.1. The third-order valence-electron chi connectivity index (χ3n) is 7.63. The van der Waals surface area contributed by atoms with Crippen molar-refractivity contribution in [1.82, 2.24) is 9.47 Å². The number of carboxylic acids is 1. The molecule has 0 spiro atoms. The molecule has 0 fully saturated rings. The molecule has 1 amide bonds. The Hall–Kier alpha value is -3.86. The Bertz CT molecular complexity index is 1430. The molecule has 176 valence electrons. The zero-order valence-electron chi connectivity index (χ0n) is 19.6. The Labute approximate surface area is 204 Å². The van der Waals surface area contributed by atoms with Crippen molar-refractivity contribution < 1.29 is 14.7 Å². The van der Waals surface area contributed by atoms with Gasteiger partial charge in [0, 0.05) is 34.8 Å². The van der Waals surface area contributed by atoms with Gasteiger partial charge >= 0.3 is 5.97 Å². The fraction of sp³-hybridized carbons (Fsp3) is 0.267. The van der Waals surface area contributed by atoms with Crippen LogP contribution in [0.4, 0.5) is 0 Å². The van der Waals surface area contributed by atoms with Gasteiger partial charge in [-0.1, -0.05) is 60.7 Å². The SMILES string of the molecule is O=C(O)Cn1c2c(c3ccccc31)CC(C(=O)N1CC=CC3=CC=CC/C3=C3\CC=CC=C31)CC2. The zero-order chi connectivity index (χ0) is 23.9. The molecule has 1 atom stereocenters. The minimum Gasteiger partial charge on any atom is -0.480 e. The maximum Gasteiger partial charge on any atom is 0.323 e. The van der Waals surface area contributed by atoms with Crippen LogP contribution in [-0.2, 0) is 29.0 Å². The minimum absolute atomic E-state index is 0.0498. The predicted molar refractivity (Wildman–Crippen MR) is 137 cm³/mol. The van der Waals surface area contributed by atoms with Crippen LogP contribution in [0, 0.1) is 5.92 Å². The number of carbonyl (C=O) groups is 2. The highest BCUT2D eigenvalue weighted by Crippen LogP contribution is 2.38. The van der Waals surface area contributed by atoms with Gasteiger partial charge < -0.3 is 14.6 Å². The summed E-state index contributed by atoms with van der Waals surface area (Å²) in [6, 6.07) is 7.98. The Morgan fingerprint density at radius 2 is 1.80 bits per heavy atom. The van der Waals surface area contributed by atoms with Crippen molar-refractivity contribution in [2.24, 2.45) is 5.92 Å². The quantitative estimate of drug-likeness (QED) is 0.674. The standard InChI is InChI=1S/C30H28N2O3/c33-29(34)19-32-27-14-6-4-12-24(27)25-18-21(15-16-28(25)32)30(35)31-17-7-9-20-8-1-2-10-22(20)23-11-3-5-13-26(23)31/h1-9,12-14,21H,10-11,15-19H2,(H,33,34)/b9-7?,23-22-. The van der Waals surface area contributed by atoms with E-state index in [-0.39, 0.29) is 18.4 Å². The first-order valence-corrected chi connectivity index (χ1v) is 12.4. The molecule has 3 aliphatic carbocycles. The van der Waals surface area contributed by atoms with Crippen molar-refractivity contribution in [1.29, 1.82) is 0 Å². The van der Waals surface area contributed by atoms with Crippen LogP contribution in [0.1, 0.15) is 30.5 Å². The second-order valence-corrected chi connectivity index (χ2v) is 9.61. The van der Waals surface area contributed by atoms with Crippen molar-refractivity contribution in [3.8, 4) is 0 Å². The number of hydrogen-bond acceptors (Lipinski definition) is 2. The molecular weight excluding hydrogens is 436 g/mol. The molecule has 0 saturated heterocycles. The fourth-order valence-electron chi connectivity index (χ4n) is 6.05. The van der Waals surface area contributed by atoms with Crippen molar-refractivity contribution in [3.05, 3.63) is 107 Å². The van der Waals surface area contributed by atoms with Crippen molar-refractivity contribution in [2.45, 2.75) is 38.6 Å². The number of carboxylic acid groups (broad SMARTS) is 1. The van der Waals surface area contributed by atoms with Crippen molar-refractivity contribution >= 4 is 22.8 Å². The van der Waals surface area contributed by atoms with E-state index in [1.165, 1.54) is 16.7 Å². The maximum atomic E-state index is 14.0. The maximum absolute atomic E-state index is 14.0. The summed E-state index contributed by atoms with van der Waals surface area (Å²) in [6.07, 6.45) is 20.8. The summed E-state index contributed by atoms with van der Waals surface area (Å²) in [5.74, 6) is -0.810. The number of nitrogens with zero attached hydrogens (tertiary/aromatic N) is 2. The minimum atomic E-state index is -0.844. The molecule has 1 aromatic heterocycles. The monoisotopic (exact) mass is 464 g/mol. The Morgan fingerprint density at radius 1 is 1.00 bits per heavy atom. The highest BCUT2D eigenvalue weighted by atomic mass is 16.4. The van der Waals surface area contributed by atoms with Gasteiger partial charge in [-0.05, 0) is 66.5 Å². The molecule has 5 nitrogen and oxygen atoms in total. The van der Waals surface area contributed by atoms with Crippen LogP contribution >= 0.6 is 0 Å². The van der Waals surface area contributed by atoms with E-state index in [9.17, 15) is 14.7 Å². The summed E-state index contributed by atoms with van der Waals surface area (Å²) in [7, 11) is 0. The van der Waals surface area contributed by atoms with E-state index in [0.717, 1.165) is 47.1 Å². The zero-order valence-corrected chi connectivity index (χ0v) is 19.6. The molecule has 1 aliphatic heterocycles. The lowest BCUT2D eigenvalue weighted by Crippen LogP contribution is -2.39. The van der Waals surface area contributed by atoms with E-state index < -0.39 is 5.97 Å². The summed E-state index contributed by atoms with van der Waals surface area (Å²) < 4.78 is 1.92. The third kappa shape index (κ3) is 3.72. The Balaban J connectivity index is 1.35. The molecule has 0 bridgehead atoms. The number of rotatable bonds is 3. The summed E-state index contributed by atoms with van der Waals surface area (Å²) in [6.45, 7) is 0.506. The van der Waals surface area contributed by atoms with Gasteiger partial charge in [0.1, 0.15) is 6.54 Å². The molecule has 35 heavy (non-hydrogen) atoms. The average molecular weight is 465 g/mol. The van der Waals surface area contributed by atoms with Crippen molar-refractivity contribution in [2.75, 3.05) is 6.54 Å². The Morgan fingerprint density at radius 3 is 2.66 bits per heavy atom. The molecule has 4 aliphatic rings. The summed E-state index contributed by atoms with van der Waals surface area (Å²) in [5.41, 5.74) is 7.96. The lowest BCUT2D eigenvalue weighted by molar-refractivity contribution is -0.138. The van der Waals surface area contributed by atoms with Crippen LogP contribution in [0.5, 0.6) is 0 Å². The molecular formula is C30H28N2O3. The molecule has 2 aromatic rings. The van der Waals surface area contributed by atoms with Gasteiger partial charge in [0.2, 0.25) is 5.91 Å². The number of benzene rings is 1. The van der Waals surface area contributed by atoms with Gasteiger partial charge in [0.15, 0.2) is 0 Å². The van der Waals surface area contributed by atoms with E-state index in [2.05, 4.69) is 54.7 Å². The second-order valence-electron chi connectivity index (χ2n) is 9.61. The molecule has 1 unspecified atom stereocenters. The van der Waals surface area contributed by atoms with Gasteiger partial charge in [-0.3, -0.25) is 9.59 Å². The summed E-state index contributed by atoms with van der Waals surface area (Å²) in [4.78, 5) is 27.6. The highest BCUT2D eigenvalue weighted by molar-refractivity contribution is 5.89. The molecule has 1 N–H and O–H groups in total. The van der Waals surface area contributed by atoms with E-state index >= 15 is 0 Å². The molecule has 1 aromatic carbocycles. The first kappa shape index (κ1) is 21.7. The van der Waals surface area contributed by atoms with Gasteiger partial charge in [-0.2, -0.15) is 0 Å². The van der Waals surface area contributed by atoms with Crippen LogP contribution in [0.2, 0.25) is 0 Å². The smallest absolute Gasteiger partial charge is 0.323 e. The van der Waals surface area contributed by atoms with E-state index in [1.807, 2.05) is 27.7 Å². The number of aliphatic carboxylic acids is 1. The number of allylic oxidation sites excluding steroid dienone is 10. The second kappa shape index (κ2) is 8.73. The van der Waals surface area contributed by atoms with Gasteiger partial charge in [-0.15, -0.1) is 0 Å². The van der Waals surface area contributed by atoms with Crippen LogP contribution < -0.4 is 0 Å². The number of carbonyl (C=O) groups excluding carboxylic acids is 1. The summed E-state index contributed by atoms with van der Waals surface area (Å²) in [5, 5.41) is 10.6. The first-order valence-electron chi connectivity index (χ1n) is 12.4. The van der Waals surface area contributed by atoms with Crippen LogP contribution in [0.3, 0.4) is 0 Å². The average Bonchev–Trinajstić information content (AvgIpc) is 3.18. The normalized spacial score (nSPS) is 23.1. The predicted octanol–water partition coefficient (Wildman–Crippen LogP) is 5.26. The fourth-order valence-corrected chi connectivity index (χ4v) is 6.05. The molecule has 2 heterocycles. The number of aromatic nitrogens is 1. The van der Waals surface area contributed by atoms with E-state index in [1.54, 1.807) is 0 Å². The largest absolute Gasteiger partial charge is 0.480 e.